The van der Waals surface area contributed by atoms with Gasteiger partial charge in [-0.25, -0.2) is 0 Å². The van der Waals surface area contributed by atoms with Crippen LogP contribution in [0.3, 0.4) is 0 Å². The van der Waals surface area contributed by atoms with Crippen molar-refractivity contribution in [3.05, 3.63) is 76.8 Å². The van der Waals surface area contributed by atoms with Crippen molar-refractivity contribution in [2.45, 2.75) is 31.9 Å². The van der Waals surface area contributed by atoms with Gasteiger partial charge in [0.1, 0.15) is 17.6 Å². The molecule has 4 aromatic rings. The summed E-state index contributed by atoms with van der Waals surface area (Å²) in [6.07, 6.45) is 2.47. The molecule has 6 rings (SSSR count). The van der Waals surface area contributed by atoms with Crippen molar-refractivity contribution in [1.82, 2.24) is 10.2 Å². The van der Waals surface area contributed by atoms with E-state index >= 15 is 0 Å². The minimum Gasteiger partial charge on any atom is -0.490 e. The van der Waals surface area contributed by atoms with E-state index in [-0.39, 0.29) is 0 Å². The lowest BCUT2D eigenvalue weighted by Gasteiger charge is -2.42. The fraction of sp³-hybridized carbons (Fsp3) is 0.310. The molecule has 0 spiro atoms. The number of halogens is 1. The Morgan fingerprint density at radius 1 is 0.914 bits per heavy atom. The molecule has 1 N–H and O–H groups in total. The van der Waals surface area contributed by atoms with Crippen LogP contribution in [0.5, 0.6) is 17.2 Å². The molecule has 35 heavy (non-hydrogen) atoms. The number of ether oxygens (including phenoxy) is 2. The first-order valence-corrected chi connectivity index (χ1v) is 13.9. The van der Waals surface area contributed by atoms with Gasteiger partial charge in [0, 0.05) is 46.8 Å². The number of piperidine rings is 1. The average molecular weight is 550 g/mol. The molecule has 3 aromatic carbocycles. The number of benzene rings is 3. The van der Waals surface area contributed by atoms with Crippen molar-refractivity contribution in [1.29, 1.82) is 0 Å². The highest BCUT2D eigenvalue weighted by molar-refractivity contribution is 9.10. The maximum Gasteiger partial charge on any atom is 0.153 e. The molecule has 0 unspecified atom stereocenters. The van der Waals surface area contributed by atoms with Crippen molar-refractivity contribution >= 4 is 37.4 Å². The number of hydrogen-bond donors (Lipinski definition) is 1. The van der Waals surface area contributed by atoms with Gasteiger partial charge in [-0.15, -0.1) is 11.3 Å². The van der Waals surface area contributed by atoms with Gasteiger partial charge in [-0.3, -0.25) is 4.90 Å². The van der Waals surface area contributed by atoms with E-state index in [4.69, 9.17) is 9.47 Å². The van der Waals surface area contributed by atoms with E-state index < -0.39 is 0 Å². The maximum absolute atomic E-state index is 6.52. The van der Waals surface area contributed by atoms with Gasteiger partial charge in [-0.05, 0) is 79.4 Å². The first kappa shape index (κ1) is 23.0. The molecule has 2 aliphatic rings. The van der Waals surface area contributed by atoms with E-state index in [0.29, 0.717) is 6.10 Å². The standard InChI is InChI=1S/C29H29BrN2O2S/c1-19-2-11-26-27(16-19)35-29(20-3-5-21(30)6-4-20)28(26)34-24-9-7-23(8-10-24)33-25-12-14-32(15-13-25)22-17-31-18-22/h2-11,16,22,25,31H,12-15,17-18H2,1H3. The predicted octanol–water partition coefficient (Wildman–Crippen LogP) is 7.25. The average Bonchev–Trinajstić information content (AvgIpc) is 3.18. The van der Waals surface area contributed by atoms with Crippen molar-refractivity contribution < 1.29 is 9.47 Å². The summed E-state index contributed by atoms with van der Waals surface area (Å²) < 4.78 is 15.1. The van der Waals surface area contributed by atoms with Gasteiger partial charge in [0.25, 0.3) is 0 Å². The third-order valence-electron chi connectivity index (χ3n) is 7.01. The number of nitrogens with zero attached hydrogens (tertiary/aromatic N) is 1. The summed E-state index contributed by atoms with van der Waals surface area (Å²) in [4.78, 5) is 3.75. The number of fused-ring (bicyclic) bond motifs is 1. The number of rotatable bonds is 6. The monoisotopic (exact) mass is 548 g/mol. The van der Waals surface area contributed by atoms with E-state index in [2.05, 4.69) is 75.5 Å². The second kappa shape index (κ2) is 9.94. The van der Waals surface area contributed by atoms with Gasteiger partial charge in [0.2, 0.25) is 0 Å². The Bertz CT molecular complexity index is 1310. The van der Waals surface area contributed by atoms with Crippen molar-refractivity contribution in [2.24, 2.45) is 0 Å². The minimum absolute atomic E-state index is 0.291. The Morgan fingerprint density at radius 2 is 1.63 bits per heavy atom. The maximum atomic E-state index is 6.52. The molecule has 2 fully saturated rings. The Balaban J connectivity index is 1.19. The molecule has 0 atom stereocenters. The molecule has 6 heteroatoms. The first-order chi connectivity index (χ1) is 17.1. The van der Waals surface area contributed by atoms with E-state index in [1.54, 1.807) is 11.3 Å². The number of nitrogens with one attached hydrogen (secondary N) is 1. The third kappa shape index (κ3) is 4.98. The van der Waals surface area contributed by atoms with Crippen LogP contribution in [-0.2, 0) is 0 Å². The lowest BCUT2D eigenvalue weighted by atomic mass is 10.0. The summed E-state index contributed by atoms with van der Waals surface area (Å²) in [6, 6.07) is 23.8. The summed E-state index contributed by atoms with van der Waals surface area (Å²) in [5, 5.41) is 4.52. The minimum atomic E-state index is 0.291. The quantitative estimate of drug-likeness (QED) is 0.275. The highest BCUT2D eigenvalue weighted by Gasteiger charge is 2.29. The van der Waals surface area contributed by atoms with Gasteiger partial charge < -0.3 is 14.8 Å². The van der Waals surface area contributed by atoms with E-state index in [1.165, 1.54) is 10.3 Å². The molecule has 3 heterocycles. The van der Waals surface area contributed by atoms with Gasteiger partial charge >= 0.3 is 0 Å². The molecule has 4 nitrogen and oxygen atoms in total. The second-order valence-electron chi connectivity index (χ2n) is 9.51. The number of thiophene rings is 1. The molecule has 0 amide bonds. The van der Waals surface area contributed by atoms with Crippen molar-refractivity contribution in [2.75, 3.05) is 26.2 Å². The molecule has 0 bridgehead atoms. The van der Waals surface area contributed by atoms with Gasteiger partial charge in [-0.2, -0.15) is 0 Å². The highest BCUT2D eigenvalue weighted by Crippen LogP contribution is 2.46. The Morgan fingerprint density at radius 3 is 2.31 bits per heavy atom. The summed E-state index contributed by atoms with van der Waals surface area (Å²) >= 11 is 5.32. The SMILES string of the molecule is Cc1ccc2c(Oc3ccc(OC4CCN(C5CNC5)CC4)cc3)c(-c3ccc(Br)cc3)sc2c1. The molecule has 0 saturated carbocycles. The Labute approximate surface area is 219 Å². The largest absolute Gasteiger partial charge is 0.490 e. The lowest BCUT2D eigenvalue weighted by molar-refractivity contribution is 0.0582. The van der Waals surface area contributed by atoms with Crippen LogP contribution in [-0.4, -0.2) is 43.2 Å². The van der Waals surface area contributed by atoms with Crippen LogP contribution in [0.1, 0.15) is 18.4 Å². The zero-order valence-electron chi connectivity index (χ0n) is 19.8. The van der Waals surface area contributed by atoms with Crippen LogP contribution in [0.4, 0.5) is 0 Å². The van der Waals surface area contributed by atoms with Crippen LogP contribution >= 0.6 is 27.3 Å². The lowest BCUT2D eigenvalue weighted by Crippen LogP contribution is -2.59. The number of aryl methyl sites for hydroxylation is 1. The first-order valence-electron chi connectivity index (χ1n) is 12.3. The fourth-order valence-electron chi connectivity index (χ4n) is 4.86. The summed E-state index contributed by atoms with van der Waals surface area (Å²) in [7, 11) is 0. The molecule has 0 aliphatic carbocycles. The smallest absolute Gasteiger partial charge is 0.153 e. The zero-order chi connectivity index (χ0) is 23.8. The summed E-state index contributed by atoms with van der Waals surface area (Å²) in [6.45, 7) is 6.65. The topological polar surface area (TPSA) is 33.7 Å². The van der Waals surface area contributed by atoms with Gasteiger partial charge in [-0.1, -0.05) is 34.1 Å². The molecular formula is C29H29BrN2O2S. The molecule has 2 saturated heterocycles. The van der Waals surface area contributed by atoms with Gasteiger partial charge in [0.05, 0.1) is 4.88 Å². The van der Waals surface area contributed by atoms with Crippen LogP contribution in [0.2, 0.25) is 0 Å². The predicted molar refractivity (Wildman–Crippen MR) is 148 cm³/mol. The Hall–Kier alpha value is -2.38. The zero-order valence-corrected chi connectivity index (χ0v) is 22.2. The van der Waals surface area contributed by atoms with E-state index in [9.17, 15) is 0 Å². The van der Waals surface area contributed by atoms with E-state index in [0.717, 1.165) is 82.6 Å². The van der Waals surface area contributed by atoms with Crippen molar-refractivity contribution in [3.8, 4) is 27.7 Å². The highest BCUT2D eigenvalue weighted by atomic mass is 79.9. The number of hydrogen-bond acceptors (Lipinski definition) is 5. The fourth-order valence-corrected chi connectivity index (χ4v) is 6.36. The molecule has 1 aromatic heterocycles. The van der Waals surface area contributed by atoms with Crippen molar-refractivity contribution in [3.63, 3.8) is 0 Å². The van der Waals surface area contributed by atoms with Crippen LogP contribution in [0.25, 0.3) is 20.5 Å². The molecule has 0 radical (unpaired) electrons. The molecular weight excluding hydrogens is 520 g/mol. The van der Waals surface area contributed by atoms with E-state index in [1.807, 2.05) is 24.3 Å². The third-order valence-corrected chi connectivity index (χ3v) is 8.72. The van der Waals surface area contributed by atoms with Gasteiger partial charge in [0.15, 0.2) is 5.75 Å². The second-order valence-corrected chi connectivity index (χ2v) is 11.5. The molecule has 180 valence electrons. The van der Waals surface area contributed by atoms with Crippen LogP contribution in [0, 0.1) is 6.92 Å². The summed E-state index contributed by atoms with van der Waals surface area (Å²) in [5.74, 6) is 2.65. The normalized spacial score (nSPS) is 17.4. The molecule has 2 aliphatic heterocycles. The van der Waals surface area contributed by atoms with Crippen LogP contribution < -0.4 is 14.8 Å². The number of likely N-dealkylation sites (tertiary alicyclic amines) is 1. The Kier molecular flexibility index (Phi) is 6.54. The van der Waals surface area contributed by atoms with Crippen LogP contribution in [0.15, 0.2) is 71.2 Å². The summed E-state index contributed by atoms with van der Waals surface area (Å²) in [5.41, 5.74) is 2.41.